The van der Waals surface area contributed by atoms with Crippen LogP contribution in [0.5, 0.6) is 0 Å². The van der Waals surface area contributed by atoms with Gasteiger partial charge in [-0.2, -0.15) is 0 Å². The maximum atomic E-state index is 11.7. The predicted molar refractivity (Wildman–Crippen MR) is 86.8 cm³/mol. The topological polar surface area (TPSA) is 75.6 Å². The highest BCUT2D eigenvalue weighted by Crippen LogP contribution is 2.44. The Morgan fingerprint density at radius 3 is 2.64 bits per heavy atom. The number of nitrogens with one attached hydrogen (secondary N) is 1. The number of ether oxygens (including phenoxy) is 1. The summed E-state index contributed by atoms with van der Waals surface area (Å²) in [4.78, 5) is 24.4. The summed E-state index contributed by atoms with van der Waals surface area (Å²) in [6.07, 6.45) is 2.62. The van der Waals surface area contributed by atoms with Gasteiger partial charge in [-0.25, -0.2) is 4.79 Å². The number of methoxy groups -OCH3 is 1. The van der Waals surface area contributed by atoms with E-state index in [9.17, 15) is 14.7 Å². The first-order chi connectivity index (χ1) is 10.2. The van der Waals surface area contributed by atoms with Crippen molar-refractivity contribution in [2.24, 2.45) is 11.3 Å². The van der Waals surface area contributed by atoms with E-state index in [4.69, 9.17) is 4.74 Å². The lowest BCUT2D eigenvalue weighted by Gasteiger charge is -2.33. The van der Waals surface area contributed by atoms with Crippen molar-refractivity contribution in [1.82, 2.24) is 0 Å². The lowest BCUT2D eigenvalue weighted by molar-refractivity contribution is -0.119. The van der Waals surface area contributed by atoms with Gasteiger partial charge in [-0.05, 0) is 36.2 Å². The molecule has 1 heterocycles. The summed E-state index contributed by atoms with van der Waals surface area (Å²) >= 11 is 1.40. The highest BCUT2D eigenvalue weighted by molar-refractivity contribution is 7.17. The van der Waals surface area contributed by atoms with E-state index in [2.05, 4.69) is 26.1 Å². The van der Waals surface area contributed by atoms with Gasteiger partial charge >= 0.3 is 5.97 Å². The van der Waals surface area contributed by atoms with E-state index in [0.717, 1.165) is 29.7 Å². The molecule has 1 amide bonds. The molecule has 0 bridgehead atoms. The number of thiophene rings is 1. The molecule has 6 heteroatoms. The minimum atomic E-state index is -0.973. The molecule has 1 aliphatic carbocycles. The molecule has 122 valence electrons. The van der Waals surface area contributed by atoms with Crippen molar-refractivity contribution in [3.63, 3.8) is 0 Å². The third-order valence-corrected chi connectivity index (χ3v) is 5.40. The van der Waals surface area contributed by atoms with Gasteiger partial charge in [-0.3, -0.25) is 4.79 Å². The first-order valence-electron chi connectivity index (χ1n) is 7.40. The number of amides is 1. The number of anilines is 1. The molecule has 0 saturated carbocycles. The summed E-state index contributed by atoms with van der Waals surface area (Å²) < 4.78 is 4.79. The first-order valence-corrected chi connectivity index (χ1v) is 8.22. The average Bonchev–Trinajstić information content (AvgIpc) is 2.74. The summed E-state index contributed by atoms with van der Waals surface area (Å²) in [5.41, 5.74) is 1.35. The van der Waals surface area contributed by atoms with Gasteiger partial charge in [0.2, 0.25) is 0 Å². The lowest BCUT2D eigenvalue weighted by Crippen LogP contribution is -2.26. The zero-order chi connectivity index (χ0) is 16.5. The summed E-state index contributed by atoms with van der Waals surface area (Å²) in [5, 5.41) is 12.6. The molecule has 0 fully saturated rings. The van der Waals surface area contributed by atoms with Crippen molar-refractivity contribution in [2.45, 2.75) is 40.0 Å². The van der Waals surface area contributed by atoms with E-state index in [-0.39, 0.29) is 23.5 Å². The molecule has 0 aliphatic heterocycles. The molecule has 1 aliphatic rings. The van der Waals surface area contributed by atoms with Crippen LogP contribution in [0.15, 0.2) is 0 Å². The van der Waals surface area contributed by atoms with Gasteiger partial charge in [0.15, 0.2) is 0 Å². The largest absolute Gasteiger partial charge is 0.478 e. The summed E-state index contributed by atoms with van der Waals surface area (Å²) in [5.74, 6) is -0.766. The van der Waals surface area contributed by atoms with Crippen molar-refractivity contribution in [3.05, 3.63) is 16.0 Å². The number of rotatable bonds is 4. The molecule has 2 N–H and O–H groups in total. The third kappa shape index (κ3) is 3.50. The fraction of sp³-hybridized carbons (Fsp3) is 0.625. The van der Waals surface area contributed by atoms with Crippen LogP contribution < -0.4 is 5.32 Å². The van der Waals surface area contributed by atoms with Crippen LogP contribution in [0.25, 0.3) is 0 Å². The van der Waals surface area contributed by atoms with Crippen molar-refractivity contribution in [3.8, 4) is 0 Å². The maximum Gasteiger partial charge on any atom is 0.339 e. The Morgan fingerprint density at radius 2 is 2.09 bits per heavy atom. The van der Waals surface area contributed by atoms with Crippen LogP contribution in [-0.2, 0) is 22.4 Å². The molecule has 1 aromatic heterocycles. The van der Waals surface area contributed by atoms with Crippen molar-refractivity contribution < 1.29 is 19.4 Å². The Bertz CT molecular complexity index is 586. The first kappa shape index (κ1) is 17.0. The molecule has 0 spiro atoms. The fourth-order valence-electron chi connectivity index (χ4n) is 2.93. The minimum absolute atomic E-state index is 0.0771. The van der Waals surface area contributed by atoms with E-state index in [1.54, 1.807) is 0 Å². The standard InChI is InChI=1S/C16H23NO4S/c1-16(2,3)9-5-6-10-11(7-9)22-14(13(10)15(19)20)17-12(18)8-21-4/h9H,5-8H2,1-4H3,(H,17,18)(H,19,20). The van der Waals surface area contributed by atoms with Gasteiger partial charge < -0.3 is 15.2 Å². The molecule has 0 saturated heterocycles. The average molecular weight is 325 g/mol. The Balaban J connectivity index is 2.32. The molecule has 0 radical (unpaired) electrons. The molecule has 1 aromatic rings. The third-order valence-electron chi connectivity index (χ3n) is 4.23. The van der Waals surface area contributed by atoms with E-state index in [0.29, 0.717) is 10.9 Å². The normalized spacial score (nSPS) is 17.9. The highest BCUT2D eigenvalue weighted by atomic mass is 32.1. The van der Waals surface area contributed by atoms with Gasteiger partial charge in [0.1, 0.15) is 11.6 Å². The Kier molecular flexibility index (Phi) is 4.92. The number of hydrogen-bond acceptors (Lipinski definition) is 4. The number of carbonyl (C=O) groups is 2. The van der Waals surface area contributed by atoms with Crippen LogP contribution in [0, 0.1) is 11.3 Å². The van der Waals surface area contributed by atoms with Gasteiger partial charge in [0, 0.05) is 12.0 Å². The molecule has 22 heavy (non-hydrogen) atoms. The van der Waals surface area contributed by atoms with Gasteiger partial charge in [-0.1, -0.05) is 20.8 Å². The summed E-state index contributed by atoms with van der Waals surface area (Å²) in [6, 6.07) is 0. The number of fused-ring (bicyclic) bond motifs is 1. The van der Waals surface area contributed by atoms with Gasteiger partial charge in [0.05, 0.1) is 5.56 Å². The lowest BCUT2D eigenvalue weighted by atomic mass is 9.72. The molecular formula is C16H23NO4S. The molecule has 2 rings (SSSR count). The number of carboxylic acid groups (broad SMARTS) is 1. The molecular weight excluding hydrogens is 302 g/mol. The van der Waals surface area contributed by atoms with Crippen LogP contribution in [0.1, 0.15) is 48.0 Å². The minimum Gasteiger partial charge on any atom is -0.478 e. The van der Waals surface area contributed by atoms with Crippen molar-refractivity contribution in [2.75, 3.05) is 19.0 Å². The highest BCUT2D eigenvalue weighted by Gasteiger charge is 2.33. The molecule has 1 atom stereocenters. The van der Waals surface area contributed by atoms with E-state index in [1.807, 2.05) is 0 Å². The van der Waals surface area contributed by atoms with Crippen LogP contribution >= 0.6 is 11.3 Å². The maximum absolute atomic E-state index is 11.7. The van der Waals surface area contributed by atoms with Gasteiger partial charge in [0.25, 0.3) is 5.91 Å². The van der Waals surface area contributed by atoms with E-state index in [1.165, 1.54) is 18.4 Å². The number of aromatic carboxylic acids is 1. The van der Waals surface area contributed by atoms with E-state index < -0.39 is 5.97 Å². The number of carbonyl (C=O) groups excluding carboxylic acids is 1. The number of hydrogen-bond donors (Lipinski definition) is 2. The molecule has 1 unspecified atom stereocenters. The number of carboxylic acids is 1. The van der Waals surface area contributed by atoms with Crippen LogP contribution in [0.3, 0.4) is 0 Å². The van der Waals surface area contributed by atoms with Crippen LogP contribution in [0.4, 0.5) is 5.00 Å². The molecule has 5 nitrogen and oxygen atoms in total. The summed E-state index contributed by atoms with van der Waals surface area (Å²) in [7, 11) is 1.44. The zero-order valence-corrected chi connectivity index (χ0v) is 14.3. The zero-order valence-electron chi connectivity index (χ0n) is 13.5. The van der Waals surface area contributed by atoms with Crippen molar-refractivity contribution in [1.29, 1.82) is 0 Å². The Hall–Kier alpha value is -1.40. The second kappa shape index (κ2) is 6.38. The van der Waals surface area contributed by atoms with Crippen LogP contribution in [0.2, 0.25) is 0 Å². The van der Waals surface area contributed by atoms with Crippen LogP contribution in [-0.4, -0.2) is 30.7 Å². The second-order valence-corrected chi connectivity index (χ2v) is 7.91. The monoisotopic (exact) mass is 325 g/mol. The summed E-state index contributed by atoms with van der Waals surface area (Å²) in [6.45, 7) is 6.58. The predicted octanol–water partition coefficient (Wildman–Crippen LogP) is 3.18. The SMILES string of the molecule is COCC(=O)Nc1sc2c(c1C(=O)O)CCC(C(C)(C)C)C2. The Labute approximate surface area is 134 Å². The second-order valence-electron chi connectivity index (χ2n) is 6.80. The smallest absolute Gasteiger partial charge is 0.339 e. The van der Waals surface area contributed by atoms with E-state index >= 15 is 0 Å². The molecule has 0 aromatic carbocycles. The fourth-order valence-corrected chi connectivity index (χ4v) is 4.27. The Morgan fingerprint density at radius 1 is 1.41 bits per heavy atom. The quantitative estimate of drug-likeness (QED) is 0.891. The van der Waals surface area contributed by atoms with Crippen molar-refractivity contribution >= 4 is 28.2 Å². The van der Waals surface area contributed by atoms with Gasteiger partial charge in [-0.15, -0.1) is 11.3 Å².